The number of hydrogen-bond acceptors (Lipinski definition) is 9. The molecule has 1 heterocycles. The summed E-state index contributed by atoms with van der Waals surface area (Å²) in [6.45, 7) is -0.411. The van der Waals surface area contributed by atoms with Crippen LogP contribution in [0.4, 0.5) is 11.4 Å². The number of nitro benzene ring substituents is 1. The van der Waals surface area contributed by atoms with Gasteiger partial charge in [-0.1, -0.05) is 0 Å². The van der Waals surface area contributed by atoms with Gasteiger partial charge >= 0.3 is 11.9 Å². The molecular weight excluding hydrogens is 416 g/mol. The molecule has 0 aromatic heterocycles. The Labute approximate surface area is 156 Å². The standard InChI is InChI=1S/C15H15BrN2O8/c1-23-8-4-10(16)13(11(5-8)18(21)22)17-7-26-6-9(14(19)24-2)12(17)15(20)25-3/h4-5H,6-7H2,1-3H3. The first-order chi connectivity index (χ1) is 12.3. The van der Waals surface area contributed by atoms with Gasteiger partial charge in [-0.15, -0.1) is 0 Å². The highest BCUT2D eigenvalue weighted by Crippen LogP contribution is 2.42. The van der Waals surface area contributed by atoms with Crippen LogP contribution >= 0.6 is 15.9 Å². The number of carbonyl (C=O) groups excluding carboxylic acids is 2. The lowest BCUT2D eigenvalue weighted by Crippen LogP contribution is -2.39. The van der Waals surface area contributed by atoms with Crippen molar-refractivity contribution in [3.8, 4) is 5.75 Å². The Hall–Kier alpha value is -2.66. The molecule has 1 aliphatic rings. The Morgan fingerprint density at radius 3 is 2.42 bits per heavy atom. The molecule has 0 unspecified atom stereocenters. The first-order valence-electron chi connectivity index (χ1n) is 7.12. The van der Waals surface area contributed by atoms with E-state index in [0.717, 1.165) is 14.2 Å². The minimum atomic E-state index is -0.856. The number of anilines is 1. The molecule has 0 spiro atoms. The summed E-state index contributed by atoms with van der Waals surface area (Å²) >= 11 is 3.24. The van der Waals surface area contributed by atoms with Crippen LogP contribution in [-0.2, 0) is 23.8 Å². The van der Waals surface area contributed by atoms with E-state index in [1.165, 1.54) is 24.1 Å². The largest absolute Gasteiger partial charge is 0.496 e. The van der Waals surface area contributed by atoms with Gasteiger partial charge in [-0.3, -0.25) is 10.1 Å². The minimum absolute atomic E-state index is 0.0114. The summed E-state index contributed by atoms with van der Waals surface area (Å²) in [4.78, 5) is 36.4. The van der Waals surface area contributed by atoms with Crippen LogP contribution in [-0.4, -0.2) is 51.5 Å². The van der Waals surface area contributed by atoms with Crippen molar-refractivity contribution in [2.75, 3.05) is 39.6 Å². The lowest BCUT2D eigenvalue weighted by molar-refractivity contribution is -0.384. The van der Waals surface area contributed by atoms with Crippen molar-refractivity contribution in [2.24, 2.45) is 0 Å². The third-order valence-corrected chi connectivity index (χ3v) is 4.16. The van der Waals surface area contributed by atoms with Gasteiger partial charge in [0.1, 0.15) is 23.9 Å². The highest BCUT2D eigenvalue weighted by Gasteiger charge is 2.36. The summed E-state index contributed by atoms with van der Waals surface area (Å²) in [7, 11) is 3.65. The normalized spacial score (nSPS) is 14.1. The molecule has 26 heavy (non-hydrogen) atoms. The quantitative estimate of drug-likeness (QED) is 0.391. The topological polar surface area (TPSA) is 117 Å². The molecule has 2 rings (SSSR count). The minimum Gasteiger partial charge on any atom is -0.496 e. The molecule has 0 atom stereocenters. The van der Waals surface area contributed by atoms with Gasteiger partial charge in [0, 0.05) is 0 Å². The zero-order valence-corrected chi connectivity index (χ0v) is 15.7. The maximum atomic E-state index is 12.3. The van der Waals surface area contributed by atoms with Crippen LogP contribution in [0, 0.1) is 10.1 Å². The Balaban J connectivity index is 2.74. The smallest absolute Gasteiger partial charge is 0.355 e. The number of esters is 2. The predicted molar refractivity (Wildman–Crippen MR) is 91.7 cm³/mol. The maximum absolute atomic E-state index is 12.3. The Morgan fingerprint density at radius 1 is 1.23 bits per heavy atom. The third kappa shape index (κ3) is 3.63. The van der Waals surface area contributed by atoms with E-state index in [1.54, 1.807) is 0 Å². The second-order valence-corrected chi connectivity index (χ2v) is 5.80. The van der Waals surface area contributed by atoms with Gasteiger partial charge in [-0.05, 0) is 22.0 Å². The van der Waals surface area contributed by atoms with Crippen LogP contribution < -0.4 is 9.64 Å². The average molecular weight is 431 g/mol. The number of ether oxygens (including phenoxy) is 4. The van der Waals surface area contributed by atoms with Gasteiger partial charge < -0.3 is 23.8 Å². The van der Waals surface area contributed by atoms with Crippen molar-refractivity contribution in [3.05, 3.63) is 38.0 Å². The predicted octanol–water partition coefficient (Wildman–Crippen LogP) is 1.76. The van der Waals surface area contributed by atoms with Crippen LogP contribution in [0.25, 0.3) is 0 Å². The van der Waals surface area contributed by atoms with E-state index in [1.807, 2.05) is 0 Å². The second-order valence-electron chi connectivity index (χ2n) is 4.95. The molecule has 1 aromatic carbocycles. The van der Waals surface area contributed by atoms with E-state index in [9.17, 15) is 19.7 Å². The number of carbonyl (C=O) groups is 2. The fraction of sp³-hybridized carbons (Fsp3) is 0.333. The third-order valence-electron chi connectivity index (χ3n) is 3.55. The summed E-state index contributed by atoms with van der Waals surface area (Å²) in [5.74, 6) is -1.42. The molecule has 0 saturated heterocycles. The molecule has 1 aromatic rings. The summed E-state index contributed by atoms with van der Waals surface area (Å²) in [5, 5.41) is 11.5. The first-order valence-corrected chi connectivity index (χ1v) is 7.92. The molecule has 140 valence electrons. The number of nitro groups is 1. The summed E-state index contributed by atoms with van der Waals surface area (Å²) < 4.78 is 20.0. The number of nitrogens with zero attached hydrogens (tertiary/aromatic N) is 2. The van der Waals surface area contributed by atoms with E-state index in [2.05, 4.69) is 20.7 Å². The van der Waals surface area contributed by atoms with E-state index in [0.29, 0.717) is 0 Å². The van der Waals surface area contributed by atoms with Crippen LogP contribution in [0.15, 0.2) is 27.9 Å². The fourth-order valence-corrected chi connectivity index (χ4v) is 3.05. The van der Waals surface area contributed by atoms with Crippen molar-refractivity contribution in [3.63, 3.8) is 0 Å². The maximum Gasteiger partial charge on any atom is 0.355 e. The van der Waals surface area contributed by atoms with E-state index in [-0.39, 0.29) is 46.2 Å². The second kappa shape index (κ2) is 8.15. The fourth-order valence-electron chi connectivity index (χ4n) is 2.40. The number of halogens is 1. The van der Waals surface area contributed by atoms with Crippen LogP contribution in [0.2, 0.25) is 0 Å². The number of benzene rings is 1. The molecule has 0 amide bonds. The molecule has 0 aliphatic carbocycles. The van der Waals surface area contributed by atoms with E-state index < -0.39 is 16.9 Å². The van der Waals surface area contributed by atoms with Gasteiger partial charge in [0.15, 0.2) is 0 Å². The Kier molecular flexibility index (Phi) is 6.16. The summed E-state index contributed by atoms with van der Waals surface area (Å²) in [5.41, 5.74) is -0.646. The van der Waals surface area contributed by atoms with Gasteiger partial charge in [-0.2, -0.15) is 0 Å². The van der Waals surface area contributed by atoms with Crippen molar-refractivity contribution in [2.45, 2.75) is 0 Å². The number of rotatable bonds is 5. The van der Waals surface area contributed by atoms with Crippen LogP contribution in [0.3, 0.4) is 0 Å². The lowest BCUT2D eigenvalue weighted by Gasteiger charge is -2.31. The van der Waals surface area contributed by atoms with E-state index >= 15 is 0 Å². The monoisotopic (exact) mass is 430 g/mol. The van der Waals surface area contributed by atoms with E-state index in [4.69, 9.17) is 14.2 Å². The van der Waals surface area contributed by atoms with Crippen molar-refractivity contribution >= 4 is 39.2 Å². The molecular formula is C15H15BrN2O8. The molecule has 0 radical (unpaired) electrons. The van der Waals surface area contributed by atoms with Crippen molar-refractivity contribution in [1.82, 2.24) is 0 Å². The Bertz CT molecular complexity index is 792. The molecule has 10 nitrogen and oxygen atoms in total. The molecule has 11 heteroatoms. The molecule has 0 bridgehead atoms. The molecule has 0 saturated carbocycles. The van der Waals surface area contributed by atoms with Crippen molar-refractivity contribution in [1.29, 1.82) is 0 Å². The average Bonchev–Trinajstić information content (AvgIpc) is 2.65. The number of methoxy groups -OCH3 is 3. The zero-order chi connectivity index (χ0) is 19.4. The zero-order valence-electron chi connectivity index (χ0n) is 14.1. The first kappa shape index (κ1) is 19.7. The molecule has 1 aliphatic heterocycles. The van der Waals surface area contributed by atoms with Crippen LogP contribution in [0.1, 0.15) is 0 Å². The summed E-state index contributed by atoms with van der Waals surface area (Å²) in [6, 6.07) is 2.69. The van der Waals surface area contributed by atoms with Gasteiger partial charge in [0.25, 0.3) is 5.69 Å². The molecule has 0 N–H and O–H groups in total. The van der Waals surface area contributed by atoms with Crippen molar-refractivity contribution < 1.29 is 33.5 Å². The number of hydrogen-bond donors (Lipinski definition) is 0. The lowest BCUT2D eigenvalue weighted by atomic mass is 10.1. The van der Waals surface area contributed by atoms with Crippen LogP contribution in [0.5, 0.6) is 5.75 Å². The summed E-state index contributed by atoms with van der Waals surface area (Å²) in [6.07, 6.45) is 0. The van der Waals surface area contributed by atoms with Gasteiger partial charge in [0.2, 0.25) is 0 Å². The van der Waals surface area contributed by atoms with Gasteiger partial charge in [0.05, 0.1) is 49.0 Å². The Morgan fingerprint density at radius 2 is 1.88 bits per heavy atom. The molecule has 0 fully saturated rings. The highest BCUT2D eigenvalue weighted by atomic mass is 79.9. The SMILES string of the molecule is COC(=O)C1=C(C(=O)OC)N(c2c(Br)cc(OC)cc2[N+](=O)[O-])COC1. The van der Waals surface area contributed by atoms with Gasteiger partial charge in [-0.25, -0.2) is 9.59 Å². The highest BCUT2D eigenvalue weighted by molar-refractivity contribution is 9.10.